The molecule has 0 aliphatic heterocycles. The molecule has 0 radical (unpaired) electrons. The van der Waals surface area contributed by atoms with E-state index in [1.54, 1.807) is 7.11 Å². The molecule has 0 aromatic heterocycles. The van der Waals surface area contributed by atoms with Crippen LogP contribution < -0.4 is 10.6 Å². The fourth-order valence-corrected chi connectivity index (χ4v) is 2.32. The van der Waals surface area contributed by atoms with E-state index in [2.05, 4.69) is 53.7 Å². The molecule has 4 heteroatoms. The standard InChI is InChI=1S/C18H31N3O/c1-15-9-8-10-17(13-15)16(2)14-21-18(19-3)20-11-6-5-7-12-22-4/h8-10,13,16H,5-7,11-12,14H2,1-4H3,(H2,19,20,21). The van der Waals surface area contributed by atoms with Crippen LogP contribution in [0.15, 0.2) is 29.3 Å². The average molecular weight is 305 g/mol. The van der Waals surface area contributed by atoms with Crippen molar-refractivity contribution in [1.82, 2.24) is 10.6 Å². The molecule has 1 atom stereocenters. The highest BCUT2D eigenvalue weighted by atomic mass is 16.5. The minimum atomic E-state index is 0.458. The predicted molar refractivity (Wildman–Crippen MR) is 94.7 cm³/mol. The van der Waals surface area contributed by atoms with Gasteiger partial charge in [0, 0.05) is 33.9 Å². The van der Waals surface area contributed by atoms with Gasteiger partial charge >= 0.3 is 0 Å². The molecule has 0 saturated heterocycles. The molecule has 0 aliphatic carbocycles. The molecular weight excluding hydrogens is 274 g/mol. The first-order valence-corrected chi connectivity index (χ1v) is 8.17. The largest absolute Gasteiger partial charge is 0.385 e. The van der Waals surface area contributed by atoms with E-state index in [4.69, 9.17) is 4.74 Å². The van der Waals surface area contributed by atoms with Crippen LogP contribution in [0, 0.1) is 6.92 Å². The Balaban J connectivity index is 2.26. The van der Waals surface area contributed by atoms with Gasteiger partial charge in [-0.25, -0.2) is 0 Å². The molecule has 1 rings (SSSR count). The number of hydrogen-bond donors (Lipinski definition) is 2. The van der Waals surface area contributed by atoms with Crippen LogP contribution in [0.5, 0.6) is 0 Å². The normalized spacial score (nSPS) is 13.0. The summed E-state index contributed by atoms with van der Waals surface area (Å²) in [4.78, 5) is 4.27. The van der Waals surface area contributed by atoms with Gasteiger partial charge in [-0.1, -0.05) is 36.8 Å². The van der Waals surface area contributed by atoms with Crippen LogP contribution in [-0.4, -0.2) is 39.8 Å². The molecular formula is C18H31N3O. The van der Waals surface area contributed by atoms with Gasteiger partial charge in [0.25, 0.3) is 0 Å². The summed E-state index contributed by atoms with van der Waals surface area (Å²) in [6, 6.07) is 8.69. The fraction of sp³-hybridized carbons (Fsp3) is 0.611. The second kappa shape index (κ2) is 11.1. The van der Waals surface area contributed by atoms with Gasteiger partial charge in [0.15, 0.2) is 5.96 Å². The van der Waals surface area contributed by atoms with Gasteiger partial charge in [-0.05, 0) is 37.7 Å². The van der Waals surface area contributed by atoms with E-state index in [-0.39, 0.29) is 0 Å². The third-order valence-electron chi connectivity index (χ3n) is 3.73. The molecule has 1 aromatic rings. The zero-order valence-electron chi connectivity index (χ0n) is 14.5. The minimum absolute atomic E-state index is 0.458. The lowest BCUT2D eigenvalue weighted by molar-refractivity contribution is 0.192. The van der Waals surface area contributed by atoms with Crippen LogP contribution in [0.3, 0.4) is 0 Å². The molecule has 0 aliphatic rings. The quantitative estimate of drug-likeness (QED) is 0.419. The summed E-state index contributed by atoms with van der Waals surface area (Å²) in [5.41, 5.74) is 2.67. The van der Waals surface area contributed by atoms with E-state index < -0.39 is 0 Å². The molecule has 0 heterocycles. The van der Waals surface area contributed by atoms with Gasteiger partial charge in [0.2, 0.25) is 0 Å². The van der Waals surface area contributed by atoms with Crippen molar-refractivity contribution in [2.75, 3.05) is 33.9 Å². The lowest BCUT2D eigenvalue weighted by Gasteiger charge is -2.16. The number of aryl methyl sites for hydroxylation is 1. The third kappa shape index (κ3) is 7.46. The van der Waals surface area contributed by atoms with Crippen LogP contribution in [0.2, 0.25) is 0 Å². The summed E-state index contributed by atoms with van der Waals surface area (Å²) in [7, 11) is 3.57. The Hall–Kier alpha value is -1.55. The molecule has 0 spiro atoms. The van der Waals surface area contributed by atoms with Crippen molar-refractivity contribution in [2.24, 2.45) is 4.99 Å². The Bertz CT molecular complexity index is 446. The molecule has 4 nitrogen and oxygen atoms in total. The molecule has 0 amide bonds. The topological polar surface area (TPSA) is 45.7 Å². The van der Waals surface area contributed by atoms with Gasteiger partial charge in [0.05, 0.1) is 0 Å². The summed E-state index contributed by atoms with van der Waals surface area (Å²) < 4.78 is 5.05. The summed E-state index contributed by atoms with van der Waals surface area (Å²) in [6.45, 7) is 7.05. The molecule has 0 bridgehead atoms. The van der Waals surface area contributed by atoms with Crippen molar-refractivity contribution in [3.63, 3.8) is 0 Å². The number of nitrogens with zero attached hydrogens (tertiary/aromatic N) is 1. The number of hydrogen-bond acceptors (Lipinski definition) is 2. The summed E-state index contributed by atoms with van der Waals surface area (Å²) in [6.07, 6.45) is 3.43. The number of unbranched alkanes of at least 4 members (excludes halogenated alkanes) is 2. The van der Waals surface area contributed by atoms with Crippen molar-refractivity contribution >= 4 is 5.96 Å². The number of rotatable bonds is 9. The Morgan fingerprint density at radius 2 is 2.05 bits per heavy atom. The second-order valence-corrected chi connectivity index (χ2v) is 5.75. The van der Waals surface area contributed by atoms with Crippen LogP contribution in [0.25, 0.3) is 0 Å². The summed E-state index contributed by atoms with van der Waals surface area (Å²) in [5, 5.41) is 6.77. The number of benzene rings is 1. The van der Waals surface area contributed by atoms with E-state index in [0.29, 0.717) is 5.92 Å². The van der Waals surface area contributed by atoms with Crippen molar-refractivity contribution in [2.45, 2.75) is 39.0 Å². The van der Waals surface area contributed by atoms with Crippen molar-refractivity contribution in [1.29, 1.82) is 0 Å². The average Bonchev–Trinajstić information content (AvgIpc) is 2.53. The highest BCUT2D eigenvalue weighted by Gasteiger charge is 2.06. The number of aliphatic imine (C=N–C) groups is 1. The highest BCUT2D eigenvalue weighted by Crippen LogP contribution is 2.15. The van der Waals surface area contributed by atoms with E-state index in [1.165, 1.54) is 17.5 Å². The zero-order chi connectivity index (χ0) is 16.2. The molecule has 0 saturated carbocycles. The smallest absolute Gasteiger partial charge is 0.190 e. The first-order chi connectivity index (χ1) is 10.7. The lowest BCUT2D eigenvalue weighted by atomic mass is 9.99. The van der Waals surface area contributed by atoms with Crippen LogP contribution >= 0.6 is 0 Å². The van der Waals surface area contributed by atoms with Crippen LogP contribution in [-0.2, 0) is 4.74 Å². The summed E-state index contributed by atoms with van der Waals surface area (Å²) >= 11 is 0. The van der Waals surface area contributed by atoms with Crippen molar-refractivity contribution in [3.8, 4) is 0 Å². The minimum Gasteiger partial charge on any atom is -0.385 e. The molecule has 0 fully saturated rings. The Kier molecular flexibility index (Phi) is 9.31. The maximum Gasteiger partial charge on any atom is 0.190 e. The SMILES string of the molecule is CN=C(NCCCCCOC)NCC(C)c1cccc(C)c1. The molecule has 22 heavy (non-hydrogen) atoms. The van der Waals surface area contributed by atoms with Gasteiger partial charge in [-0.15, -0.1) is 0 Å². The lowest BCUT2D eigenvalue weighted by Crippen LogP contribution is -2.39. The highest BCUT2D eigenvalue weighted by molar-refractivity contribution is 5.79. The predicted octanol–water partition coefficient (Wildman–Crippen LogP) is 3.08. The van der Waals surface area contributed by atoms with Crippen molar-refractivity contribution in [3.05, 3.63) is 35.4 Å². The van der Waals surface area contributed by atoms with Crippen LogP contribution in [0.1, 0.15) is 43.2 Å². The molecule has 124 valence electrons. The number of guanidine groups is 1. The maximum absolute atomic E-state index is 5.05. The van der Waals surface area contributed by atoms with Gasteiger partial charge < -0.3 is 15.4 Å². The first kappa shape index (κ1) is 18.5. The monoisotopic (exact) mass is 305 g/mol. The van der Waals surface area contributed by atoms with Crippen molar-refractivity contribution < 1.29 is 4.74 Å². The summed E-state index contributed by atoms with van der Waals surface area (Å²) in [5.74, 6) is 1.34. The fourth-order valence-electron chi connectivity index (χ4n) is 2.32. The van der Waals surface area contributed by atoms with Gasteiger partial charge in [0.1, 0.15) is 0 Å². The first-order valence-electron chi connectivity index (χ1n) is 8.17. The zero-order valence-corrected chi connectivity index (χ0v) is 14.5. The Morgan fingerprint density at radius 1 is 1.23 bits per heavy atom. The number of methoxy groups -OCH3 is 1. The third-order valence-corrected chi connectivity index (χ3v) is 3.73. The molecule has 1 aromatic carbocycles. The maximum atomic E-state index is 5.05. The van der Waals surface area contributed by atoms with E-state index in [9.17, 15) is 0 Å². The second-order valence-electron chi connectivity index (χ2n) is 5.75. The van der Waals surface area contributed by atoms with Crippen LogP contribution in [0.4, 0.5) is 0 Å². The van der Waals surface area contributed by atoms with Gasteiger partial charge in [-0.3, -0.25) is 4.99 Å². The van der Waals surface area contributed by atoms with E-state index >= 15 is 0 Å². The molecule has 1 unspecified atom stereocenters. The Labute approximate surface area is 135 Å². The Morgan fingerprint density at radius 3 is 2.73 bits per heavy atom. The van der Waals surface area contributed by atoms with E-state index in [1.807, 2.05) is 7.05 Å². The number of nitrogens with one attached hydrogen (secondary N) is 2. The molecule has 2 N–H and O–H groups in total. The number of ether oxygens (including phenoxy) is 1. The van der Waals surface area contributed by atoms with Gasteiger partial charge in [-0.2, -0.15) is 0 Å². The van der Waals surface area contributed by atoms with E-state index in [0.717, 1.165) is 38.5 Å².